The van der Waals surface area contributed by atoms with E-state index in [1.807, 2.05) is 24.3 Å². The Morgan fingerprint density at radius 2 is 1.97 bits per heavy atom. The molecule has 0 radical (unpaired) electrons. The van der Waals surface area contributed by atoms with E-state index in [0.29, 0.717) is 11.7 Å². The van der Waals surface area contributed by atoms with Gasteiger partial charge in [-0.05, 0) is 62.6 Å². The van der Waals surface area contributed by atoms with Gasteiger partial charge in [-0.2, -0.15) is 0 Å². The summed E-state index contributed by atoms with van der Waals surface area (Å²) < 4.78 is 5.61. The Balaban J connectivity index is 1.33. The number of carbonyl (C=O) groups is 1. The summed E-state index contributed by atoms with van der Waals surface area (Å²) in [5.74, 6) is 1.01. The summed E-state index contributed by atoms with van der Waals surface area (Å²) in [5.41, 5.74) is 2.00. The average Bonchev–Trinajstić information content (AvgIpc) is 3.30. The van der Waals surface area contributed by atoms with E-state index in [4.69, 9.17) is 4.42 Å². The summed E-state index contributed by atoms with van der Waals surface area (Å²) in [6.07, 6.45) is 10.3. The SMILES string of the molecule is CN1CCC(c2nc(C(=O)Nc3cc4cc(-c5cccnc5)ncc4cn3)co2)CC1. The maximum absolute atomic E-state index is 12.7. The monoisotopic (exact) mass is 414 g/mol. The van der Waals surface area contributed by atoms with Crippen LogP contribution in [0.15, 0.2) is 59.7 Å². The number of nitrogens with one attached hydrogen (secondary N) is 1. The number of likely N-dealkylation sites (tertiary alicyclic amines) is 1. The summed E-state index contributed by atoms with van der Waals surface area (Å²) in [6.45, 7) is 2.01. The molecule has 1 N–H and O–H groups in total. The Hall–Kier alpha value is -3.65. The molecule has 4 aromatic heterocycles. The van der Waals surface area contributed by atoms with Crippen LogP contribution in [0.4, 0.5) is 5.82 Å². The summed E-state index contributed by atoms with van der Waals surface area (Å²) in [6, 6.07) is 7.61. The number of nitrogens with zero attached hydrogens (tertiary/aromatic N) is 5. The molecule has 8 nitrogen and oxygen atoms in total. The number of rotatable bonds is 4. The third-order valence-corrected chi connectivity index (χ3v) is 5.62. The molecule has 0 aromatic carbocycles. The van der Waals surface area contributed by atoms with Crippen molar-refractivity contribution in [3.63, 3.8) is 0 Å². The molecule has 1 aliphatic rings. The minimum atomic E-state index is -0.337. The molecule has 1 fully saturated rings. The van der Waals surface area contributed by atoms with Gasteiger partial charge >= 0.3 is 0 Å². The Morgan fingerprint density at radius 3 is 2.77 bits per heavy atom. The molecule has 31 heavy (non-hydrogen) atoms. The third-order valence-electron chi connectivity index (χ3n) is 5.62. The highest BCUT2D eigenvalue weighted by Crippen LogP contribution is 2.27. The van der Waals surface area contributed by atoms with Crippen molar-refractivity contribution in [1.29, 1.82) is 0 Å². The van der Waals surface area contributed by atoms with Gasteiger partial charge in [0.25, 0.3) is 5.91 Å². The standard InChI is InChI=1S/C23H22N6O2/c1-29-7-4-15(5-8-29)23-27-20(14-31-23)22(30)28-21-10-17-9-19(16-3-2-6-24-11-16)25-12-18(17)13-26-21/h2-3,6,9-15H,4-5,7-8H2,1H3,(H,26,28,30). The van der Waals surface area contributed by atoms with Crippen molar-refractivity contribution in [1.82, 2.24) is 24.8 Å². The Morgan fingerprint density at radius 1 is 1.13 bits per heavy atom. The molecule has 0 atom stereocenters. The maximum atomic E-state index is 12.7. The highest BCUT2D eigenvalue weighted by molar-refractivity contribution is 6.03. The van der Waals surface area contributed by atoms with E-state index in [1.54, 1.807) is 24.8 Å². The van der Waals surface area contributed by atoms with Gasteiger partial charge in [-0.15, -0.1) is 0 Å². The van der Waals surface area contributed by atoms with Gasteiger partial charge in [0.1, 0.15) is 12.1 Å². The molecule has 1 amide bonds. The number of amides is 1. The zero-order valence-corrected chi connectivity index (χ0v) is 17.2. The molecule has 0 saturated carbocycles. The number of fused-ring (bicyclic) bond motifs is 1. The second-order valence-electron chi connectivity index (χ2n) is 7.83. The molecular formula is C23H22N6O2. The van der Waals surface area contributed by atoms with Crippen molar-refractivity contribution in [3.05, 3.63) is 66.9 Å². The third kappa shape index (κ3) is 4.15. The molecular weight excluding hydrogens is 392 g/mol. The first-order valence-electron chi connectivity index (χ1n) is 10.3. The van der Waals surface area contributed by atoms with E-state index in [9.17, 15) is 4.79 Å². The summed E-state index contributed by atoms with van der Waals surface area (Å²) in [7, 11) is 2.11. The van der Waals surface area contributed by atoms with Crippen LogP contribution in [0.2, 0.25) is 0 Å². The summed E-state index contributed by atoms with van der Waals surface area (Å²) >= 11 is 0. The van der Waals surface area contributed by atoms with Crippen LogP contribution in [-0.2, 0) is 0 Å². The zero-order chi connectivity index (χ0) is 21.2. The first-order valence-corrected chi connectivity index (χ1v) is 10.3. The Kier molecular flexibility index (Phi) is 5.13. The molecule has 0 unspecified atom stereocenters. The number of hydrogen-bond acceptors (Lipinski definition) is 7. The fourth-order valence-electron chi connectivity index (χ4n) is 3.79. The van der Waals surface area contributed by atoms with Gasteiger partial charge in [0.05, 0.1) is 5.69 Å². The highest BCUT2D eigenvalue weighted by atomic mass is 16.3. The van der Waals surface area contributed by atoms with Gasteiger partial charge in [-0.25, -0.2) is 9.97 Å². The predicted octanol–water partition coefficient (Wildman–Crippen LogP) is 3.74. The van der Waals surface area contributed by atoms with E-state index in [1.165, 1.54) is 6.26 Å². The normalized spacial score (nSPS) is 15.3. The highest BCUT2D eigenvalue weighted by Gasteiger charge is 2.24. The number of oxazole rings is 1. The van der Waals surface area contributed by atoms with Crippen molar-refractivity contribution in [3.8, 4) is 11.3 Å². The molecule has 5 heterocycles. The second kappa shape index (κ2) is 8.23. The van der Waals surface area contributed by atoms with Crippen LogP contribution in [0.5, 0.6) is 0 Å². The lowest BCUT2D eigenvalue weighted by Crippen LogP contribution is -2.29. The van der Waals surface area contributed by atoms with Crippen LogP contribution in [0.3, 0.4) is 0 Å². The molecule has 0 aliphatic carbocycles. The Labute approximate surface area is 179 Å². The lowest BCUT2D eigenvalue weighted by atomic mass is 9.97. The van der Waals surface area contributed by atoms with Crippen molar-refractivity contribution < 1.29 is 9.21 Å². The molecule has 0 spiro atoms. The fraction of sp³-hybridized carbons (Fsp3) is 0.261. The number of carbonyl (C=O) groups excluding carboxylic acids is 1. The number of piperidine rings is 1. The molecule has 4 aromatic rings. The van der Waals surface area contributed by atoms with Crippen LogP contribution in [0.25, 0.3) is 22.0 Å². The van der Waals surface area contributed by atoms with E-state index >= 15 is 0 Å². The number of anilines is 1. The predicted molar refractivity (Wildman–Crippen MR) is 117 cm³/mol. The topological polar surface area (TPSA) is 97.0 Å². The van der Waals surface area contributed by atoms with Crippen LogP contribution in [-0.4, -0.2) is 50.9 Å². The Bertz CT molecular complexity index is 1220. The van der Waals surface area contributed by atoms with Gasteiger partial charge < -0.3 is 14.6 Å². The molecule has 156 valence electrons. The largest absolute Gasteiger partial charge is 0.448 e. The van der Waals surface area contributed by atoms with Crippen molar-refractivity contribution in [2.45, 2.75) is 18.8 Å². The zero-order valence-electron chi connectivity index (χ0n) is 17.2. The molecule has 1 saturated heterocycles. The van der Waals surface area contributed by atoms with Gasteiger partial charge in [-0.3, -0.25) is 14.8 Å². The molecule has 0 bridgehead atoms. The van der Waals surface area contributed by atoms with E-state index in [2.05, 4.69) is 37.2 Å². The first kappa shape index (κ1) is 19.3. The van der Waals surface area contributed by atoms with Gasteiger partial charge in [0, 0.05) is 41.7 Å². The van der Waals surface area contributed by atoms with Crippen LogP contribution < -0.4 is 5.32 Å². The van der Waals surface area contributed by atoms with E-state index in [-0.39, 0.29) is 17.5 Å². The quantitative estimate of drug-likeness (QED) is 0.543. The van der Waals surface area contributed by atoms with Gasteiger partial charge in [0.15, 0.2) is 11.6 Å². The van der Waals surface area contributed by atoms with E-state index in [0.717, 1.165) is 48.0 Å². The van der Waals surface area contributed by atoms with Crippen molar-refractivity contribution in [2.75, 3.05) is 25.5 Å². The van der Waals surface area contributed by atoms with Crippen LogP contribution in [0.1, 0.15) is 35.1 Å². The van der Waals surface area contributed by atoms with Crippen molar-refractivity contribution in [2.24, 2.45) is 0 Å². The van der Waals surface area contributed by atoms with Crippen LogP contribution >= 0.6 is 0 Å². The van der Waals surface area contributed by atoms with E-state index < -0.39 is 0 Å². The lowest BCUT2D eigenvalue weighted by molar-refractivity contribution is 0.102. The number of aromatic nitrogens is 4. The number of pyridine rings is 3. The smallest absolute Gasteiger partial charge is 0.278 e. The summed E-state index contributed by atoms with van der Waals surface area (Å²) in [5, 5.41) is 4.63. The second-order valence-corrected chi connectivity index (χ2v) is 7.83. The minimum absolute atomic E-state index is 0.259. The first-order chi connectivity index (χ1) is 15.2. The molecule has 8 heteroatoms. The molecule has 5 rings (SSSR count). The lowest BCUT2D eigenvalue weighted by Gasteiger charge is -2.26. The van der Waals surface area contributed by atoms with Gasteiger partial charge in [-0.1, -0.05) is 0 Å². The maximum Gasteiger partial charge on any atom is 0.278 e. The van der Waals surface area contributed by atoms with Gasteiger partial charge in [0.2, 0.25) is 0 Å². The summed E-state index contributed by atoms with van der Waals surface area (Å²) in [4.78, 5) is 32.3. The average molecular weight is 414 g/mol. The fourth-order valence-corrected chi connectivity index (χ4v) is 3.79. The molecule has 1 aliphatic heterocycles. The van der Waals surface area contributed by atoms with Crippen LogP contribution in [0, 0.1) is 0 Å². The van der Waals surface area contributed by atoms with Crippen molar-refractivity contribution >= 4 is 22.5 Å². The number of hydrogen-bond donors (Lipinski definition) is 1. The minimum Gasteiger partial charge on any atom is -0.448 e.